The van der Waals surface area contributed by atoms with Gasteiger partial charge in [-0.25, -0.2) is 0 Å². The smallest absolute Gasteiger partial charge is 0.290 e. The van der Waals surface area contributed by atoms with Gasteiger partial charge in [0.05, 0.1) is 13.2 Å². The standard InChI is InChI=1S/C22H30N2O3/c1-14(2)12-19(25)22(26)24-13-18(15-4-6-17(27-3)7-5-15)21-20(24)16-8-10-23(21)11-9-16/h4-7,14,16,18,20-21H,8-13H2,1-3H3/t18-,20+,21+/m1/s1. The van der Waals surface area contributed by atoms with E-state index in [2.05, 4.69) is 17.0 Å². The van der Waals surface area contributed by atoms with Crippen molar-refractivity contribution in [2.24, 2.45) is 11.8 Å². The zero-order chi connectivity index (χ0) is 19.1. The first-order chi connectivity index (χ1) is 13.0. The maximum absolute atomic E-state index is 13.0. The lowest BCUT2D eigenvalue weighted by Crippen LogP contribution is -2.61. The van der Waals surface area contributed by atoms with E-state index in [9.17, 15) is 9.59 Å². The summed E-state index contributed by atoms with van der Waals surface area (Å²) in [6, 6.07) is 8.75. The van der Waals surface area contributed by atoms with Crippen molar-refractivity contribution in [2.75, 3.05) is 26.7 Å². The molecule has 146 valence electrons. The zero-order valence-corrected chi connectivity index (χ0v) is 16.6. The van der Waals surface area contributed by atoms with Crippen LogP contribution in [-0.2, 0) is 9.59 Å². The number of nitrogens with zero attached hydrogens (tertiary/aromatic N) is 2. The first-order valence-electron chi connectivity index (χ1n) is 10.2. The van der Waals surface area contributed by atoms with E-state index in [1.165, 1.54) is 5.56 Å². The second-order valence-corrected chi connectivity index (χ2v) is 8.71. The van der Waals surface area contributed by atoms with Gasteiger partial charge in [0.25, 0.3) is 5.91 Å². The van der Waals surface area contributed by atoms with Crippen LogP contribution in [0.4, 0.5) is 0 Å². The van der Waals surface area contributed by atoms with E-state index < -0.39 is 0 Å². The van der Waals surface area contributed by atoms with E-state index in [0.717, 1.165) is 31.7 Å². The lowest BCUT2D eigenvalue weighted by molar-refractivity contribution is -0.148. The van der Waals surface area contributed by atoms with Crippen molar-refractivity contribution in [3.05, 3.63) is 29.8 Å². The van der Waals surface area contributed by atoms with E-state index in [4.69, 9.17) is 4.74 Å². The fourth-order valence-corrected chi connectivity index (χ4v) is 5.42. The number of carbonyl (C=O) groups is 2. The highest BCUT2D eigenvalue weighted by atomic mass is 16.5. The van der Waals surface area contributed by atoms with E-state index >= 15 is 0 Å². The van der Waals surface area contributed by atoms with Crippen LogP contribution in [0.5, 0.6) is 5.75 Å². The molecule has 5 heteroatoms. The van der Waals surface area contributed by atoms with Crippen LogP contribution in [0.2, 0.25) is 0 Å². The third kappa shape index (κ3) is 3.27. The molecule has 1 aromatic rings. The third-order valence-corrected chi connectivity index (χ3v) is 6.63. The maximum Gasteiger partial charge on any atom is 0.290 e. The van der Waals surface area contributed by atoms with E-state index in [1.54, 1.807) is 7.11 Å². The molecule has 5 rings (SSSR count). The lowest BCUT2D eigenvalue weighted by Gasteiger charge is -2.51. The number of likely N-dealkylation sites (tertiary alicyclic amines) is 1. The van der Waals surface area contributed by atoms with Gasteiger partial charge in [0, 0.05) is 24.9 Å². The van der Waals surface area contributed by atoms with Gasteiger partial charge in [-0.2, -0.15) is 0 Å². The quantitative estimate of drug-likeness (QED) is 0.748. The van der Waals surface area contributed by atoms with Crippen LogP contribution in [0.3, 0.4) is 0 Å². The average molecular weight is 370 g/mol. The molecular formula is C22H30N2O3. The summed E-state index contributed by atoms with van der Waals surface area (Å²) in [6.07, 6.45) is 2.62. The van der Waals surface area contributed by atoms with Crippen LogP contribution in [0.25, 0.3) is 0 Å². The third-order valence-electron chi connectivity index (χ3n) is 6.63. The normalized spacial score (nSPS) is 31.9. The number of ether oxygens (including phenoxy) is 1. The van der Waals surface area contributed by atoms with E-state index in [-0.39, 0.29) is 29.6 Å². The highest BCUT2D eigenvalue weighted by Crippen LogP contribution is 2.46. The Hall–Kier alpha value is -1.88. The summed E-state index contributed by atoms with van der Waals surface area (Å²) in [6.45, 7) is 6.86. The van der Waals surface area contributed by atoms with Gasteiger partial charge >= 0.3 is 0 Å². The van der Waals surface area contributed by atoms with Gasteiger partial charge in [-0.15, -0.1) is 0 Å². The Labute approximate surface area is 161 Å². The SMILES string of the molecule is COc1ccc([C@H]2CN(C(=O)C(=O)CC(C)C)[C@H]3C4CCN(CC4)[C@@H]23)cc1. The molecule has 4 saturated heterocycles. The van der Waals surface area contributed by atoms with Crippen molar-refractivity contribution >= 4 is 11.7 Å². The van der Waals surface area contributed by atoms with E-state index in [1.807, 2.05) is 30.9 Å². The van der Waals surface area contributed by atoms with Gasteiger partial charge in [-0.1, -0.05) is 26.0 Å². The van der Waals surface area contributed by atoms with Crippen molar-refractivity contribution in [3.63, 3.8) is 0 Å². The van der Waals surface area contributed by atoms with Gasteiger partial charge < -0.3 is 9.64 Å². The molecule has 0 unspecified atom stereocenters. The van der Waals surface area contributed by atoms with Crippen LogP contribution in [0.15, 0.2) is 24.3 Å². The van der Waals surface area contributed by atoms with Gasteiger partial charge in [-0.05, 0) is 55.5 Å². The molecule has 1 amide bonds. The zero-order valence-electron chi connectivity index (χ0n) is 16.6. The Morgan fingerprint density at radius 2 is 1.78 bits per heavy atom. The number of fused-ring (bicyclic) bond motifs is 2. The number of hydrogen-bond acceptors (Lipinski definition) is 4. The van der Waals surface area contributed by atoms with Gasteiger partial charge in [0.1, 0.15) is 5.75 Å². The maximum atomic E-state index is 13.0. The van der Waals surface area contributed by atoms with Crippen LogP contribution < -0.4 is 4.74 Å². The second kappa shape index (κ2) is 7.27. The molecule has 0 N–H and O–H groups in total. The topological polar surface area (TPSA) is 49.9 Å². The van der Waals surface area contributed by atoms with Crippen molar-refractivity contribution in [1.29, 1.82) is 0 Å². The molecule has 4 fully saturated rings. The average Bonchev–Trinajstić information content (AvgIpc) is 3.10. The Morgan fingerprint density at radius 1 is 1.11 bits per heavy atom. The largest absolute Gasteiger partial charge is 0.497 e. The molecule has 27 heavy (non-hydrogen) atoms. The Bertz CT molecular complexity index is 707. The number of methoxy groups -OCH3 is 1. The molecule has 0 spiro atoms. The number of hydrogen-bond donors (Lipinski definition) is 0. The number of ketones is 1. The highest BCUT2D eigenvalue weighted by molar-refractivity contribution is 6.36. The number of Topliss-reactive ketones (excluding diaryl/α,β-unsaturated/α-hetero) is 1. The van der Waals surface area contributed by atoms with Crippen molar-refractivity contribution < 1.29 is 14.3 Å². The summed E-state index contributed by atoms with van der Waals surface area (Å²) in [7, 11) is 1.67. The molecule has 0 saturated carbocycles. The summed E-state index contributed by atoms with van der Waals surface area (Å²) in [5, 5.41) is 0. The first-order valence-corrected chi connectivity index (χ1v) is 10.2. The predicted molar refractivity (Wildman–Crippen MR) is 104 cm³/mol. The fourth-order valence-electron chi connectivity index (χ4n) is 5.42. The number of benzene rings is 1. The van der Waals surface area contributed by atoms with Gasteiger partial charge in [0.15, 0.2) is 0 Å². The molecule has 4 aliphatic rings. The number of amides is 1. The highest BCUT2D eigenvalue weighted by Gasteiger charge is 2.55. The molecule has 0 aromatic heterocycles. The Balaban J connectivity index is 1.63. The summed E-state index contributed by atoms with van der Waals surface area (Å²) < 4.78 is 5.30. The van der Waals surface area contributed by atoms with Gasteiger partial charge in [-0.3, -0.25) is 14.5 Å². The van der Waals surface area contributed by atoms with Crippen LogP contribution in [0, 0.1) is 11.8 Å². The van der Waals surface area contributed by atoms with Crippen LogP contribution in [0.1, 0.15) is 44.6 Å². The number of piperidine rings is 3. The lowest BCUT2D eigenvalue weighted by atomic mass is 9.75. The van der Waals surface area contributed by atoms with E-state index in [0.29, 0.717) is 24.9 Å². The number of carbonyl (C=O) groups excluding carboxylic acids is 2. The molecule has 0 radical (unpaired) electrons. The van der Waals surface area contributed by atoms with Gasteiger partial charge in [0.2, 0.25) is 5.78 Å². The molecule has 4 aliphatic heterocycles. The Kier molecular flexibility index (Phi) is 4.97. The molecule has 3 atom stereocenters. The molecule has 1 aromatic carbocycles. The predicted octanol–water partition coefficient (Wildman–Crippen LogP) is 2.70. The van der Waals surface area contributed by atoms with Crippen molar-refractivity contribution in [1.82, 2.24) is 9.80 Å². The first kappa shape index (κ1) is 18.5. The summed E-state index contributed by atoms with van der Waals surface area (Å²) in [5.41, 5.74) is 1.24. The Morgan fingerprint density at radius 3 is 2.37 bits per heavy atom. The number of rotatable bonds is 5. The summed E-state index contributed by atoms with van der Waals surface area (Å²) in [5.74, 6) is 1.36. The molecular weight excluding hydrogens is 340 g/mol. The molecule has 5 nitrogen and oxygen atoms in total. The monoisotopic (exact) mass is 370 g/mol. The fraction of sp³-hybridized carbons (Fsp3) is 0.636. The molecule has 4 heterocycles. The summed E-state index contributed by atoms with van der Waals surface area (Å²) >= 11 is 0. The minimum atomic E-state index is -0.261. The van der Waals surface area contributed by atoms with Crippen molar-refractivity contribution in [2.45, 2.75) is 51.1 Å². The van der Waals surface area contributed by atoms with Crippen LogP contribution >= 0.6 is 0 Å². The van der Waals surface area contributed by atoms with Crippen molar-refractivity contribution in [3.8, 4) is 5.75 Å². The molecule has 0 aliphatic carbocycles. The molecule has 2 bridgehead atoms. The minimum absolute atomic E-state index is 0.184. The summed E-state index contributed by atoms with van der Waals surface area (Å²) in [4.78, 5) is 30.0. The van der Waals surface area contributed by atoms with Crippen LogP contribution in [-0.4, -0.2) is 60.3 Å². The second-order valence-electron chi connectivity index (χ2n) is 8.71. The minimum Gasteiger partial charge on any atom is -0.497 e.